The molecule has 9 heavy (non-hydrogen) atoms. The van der Waals surface area contributed by atoms with E-state index in [1.165, 1.54) is 0 Å². The molecule has 0 spiro atoms. The number of hydrogen-bond donors (Lipinski definition) is 0. The summed E-state index contributed by atoms with van der Waals surface area (Å²) < 4.78 is 15.4. The Morgan fingerprint density at radius 1 is 1.11 bits per heavy atom. The lowest BCUT2D eigenvalue weighted by molar-refractivity contribution is -0.106. The zero-order chi connectivity index (χ0) is 6.32. The van der Waals surface area contributed by atoms with E-state index in [1.54, 1.807) is 0 Å². The van der Waals surface area contributed by atoms with Gasteiger partial charge >= 0.3 is 7.32 Å². The highest BCUT2D eigenvalue weighted by atomic mass is 16.8. The summed E-state index contributed by atoms with van der Waals surface area (Å²) in [6, 6.07) is 0. The Labute approximate surface area is 54.5 Å². The second-order valence-corrected chi connectivity index (χ2v) is 3.03. The summed E-state index contributed by atoms with van der Waals surface area (Å²) in [4.78, 5) is 0. The molecule has 50 valence electrons. The molecule has 0 aromatic carbocycles. The number of fused-ring (bicyclic) bond motifs is 3. The van der Waals surface area contributed by atoms with Crippen LogP contribution >= 0.6 is 0 Å². The molecule has 0 radical (unpaired) electrons. The van der Waals surface area contributed by atoms with Gasteiger partial charge in [0.2, 0.25) is 0 Å². The molecule has 3 nitrogen and oxygen atoms in total. The first-order valence-electron chi connectivity index (χ1n) is 3.13. The fourth-order valence-corrected chi connectivity index (χ4v) is 1.08. The van der Waals surface area contributed by atoms with Crippen LogP contribution in [0.3, 0.4) is 0 Å². The van der Waals surface area contributed by atoms with Gasteiger partial charge in [0.1, 0.15) is 0 Å². The van der Waals surface area contributed by atoms with E-state index >= 15 is 0 Å². The van der Waals surface area contributed by atoms with Crippen molar-refractivity contribution in [2.24, 2.45) is 5.41 Å². The van der Waals surface area contributed by atoms with E-state index in [-0.39, 0.29) is 12.7 Å². The van der Waals surface area contributed by atoms with Gasteiger partial charge in [-0.2, -0.15) is 0 Å². The van der Waals surface area contributed by atoms with Crippen LogP contribution < -0.4 is 0 Å². The molecular weight excluding hydrogens is 119 g/mol. The molecule has 0 atom stereocenters. The zero-order valence-electron chi connectivity index (χ0n) is 5.42. The Balaban J connectivity index is 2.11. The van der Waals surface area contributed by atoms with Crippen LogP contribution in [0.15, 0.2) is 0 Å². The summed E-state index contributed by atoms with van der Waals surface area (Å²) in [5.74, 6) is 0. The number of rotatable bonds is 0. The lowest BCUT2D eigenvalue weighted by atomic mass is 9.87. The highest BCUT2D eigenvalue weighted by Crippen LogP contribution is 2.28. The lowest BCUT2D eigenvalue weighted by Gasteiger charge is -2.41. The maximum atomic E-state index is 5.14. The molecular formula is C5H9BO3. The van der Waals surface area contributed by atoms with Gasteiger partial charge < -0.3 is 14.0 Å². The first-order valence-corrected chi connectivity index (χ1v) is 3.13. The van der Waals surface area contributed by atoms with Crippen molar-refractivity contribution in [3.63, 3.8) is 0 Å². The topological polar surface area (TPSA) is 27.7 Å². The van der Waals surface area contributed by atoms with E-state index < -0.39 is 0 Å². The molecule has 3 fully saturated rings. The van der Waals surface area contributed by atoms with Crippen molar-refractivity contribution < 1.29 is 14.0 Å². The minimum atomic E-state index is -0.369. The molecule has 3 aliphatic heterocycles. The molecule has 0 aromatic rings. The smallest absolute Gasteiger partial charge is 0.385 e. The molecule has 3 aliphatic rings. The Kier molecular flexibility index (Phi) is 1.09. The molecule has 0 unspecified atom stereocenters. The van der Waals surface area contributed by atoms with Gasteiger partial charge in [-0.15, -0.1) is 0 Å². The summed E-state index contributed by atoms with van der Waals surface area (Å²) in [6.07, 6.45) is 0. The Hall–Kier alpha value is -0.0551. The molecule has 2 bridgehead atoms. The second kappa shape index (κ2) is 1.72. The third-order valence-corrected chi connectivity index (χ3v) is 1.70. The van der Waals surface area contributed by atoms with Gasteiger partial charge in [0, 0.05) is 25.2 Å². The van der Waals surface area contributed by atoms with E-state index in [1.807, 2.05) is 0 Å². The van der Waals surface area contributed by atoms with Gasteiger partial charge in [-0.25, -0.2) is 0 Å². The summed E-state index contributed by atoms with van der Waals surface area (Å²) >= 11 is 0. The molecule has 3 rings (SSSR count). The maximum Gasteiger partial charge on any atom is 0.639 e. The van der Waals surface area contributed by atoms with Crippen molar-refractivity contribution in [1.29, 1.82) is 0 Å². The highest BCUT2D eigenvalue weighted by molar-refractivity contribution is 6.36. The van der Waals surface area contributed by atoms with Crippen LogP contribution in [0.25, 0.3) is 0 Å². The first-order chi connectivity index (χ1) is 4.29. The first kappa shape index (κ1) is 5.71. The van der Waals surface area contributed by atoms with E-state index in [0.717, 1.165) is 19.8 Å². The van der Waals surface area contributed by atoms with Crippen LogP contribution in [-0.2, 0) is 14.0 Å². The van der Waals surface area contributed by atoms with Crippen LogP contribution in [0, 0.1) is 5.41 Å². The molecule has 3 heterocycles. The summed E-state index contributed by atoms with van der Waals surface area (Å²) in [5, 5.41) is 0. The second-order valence-electron chi connectivity index (χ2n) is 3.03. The Bertz CT molecular complexity index is 106. The van der Waals surface area contributed by atoms with Crippen molar-refractivity contribution in [3.05, 3.63) is 0 Å². The quantitative estimate of drug-likeness (QED) is 0.431. The average molecular weight is 128 g/mol. The van der Waals surface area contributed by atoms with Crippen LogP contribution in [0.4, 0.5) is 0 Å². The molecule has 0 aromatic heterocycles. The normalized spacial score (nSPS) is 31.0. The van der Waals surface area contributed by atoms with Gasteiger partial charge in [0.25, 0.3) is 0 Å². The SMILES string of the molecule is CC12COB(OC1)OC2. The highest BCUT2D eigenvalue weighted by Gasteiger charge is 2.43. The summed E-state index contributed by atoms with van der Waals surface area (Å²) in [6.45, 7) is 4.43. The monoisotopic (exact) mass is 128 g/mol. The van der Waals surface area contributed by atoms with E-state index in [9.17, 15) is 0 Å². The summed E-state index contributed by atoms with van der Waals surface area (Å²) in [7, 11) is -0.369. The van der Waals surface area contributed by atoms with E-state index in [2.05, 4.69) is 6.92 Å². The molecule has 0 amide bonds. The van der Waals surface area contributed by atoms with Crippen molar-refractivity contribution in [2.45, 2.75) is 6.92 Å². The van der Waals surface area contributed by atoms with E-state index in [0.29, 0.717) is 0 Å². The van der Waals surface area contributed by atoms with Gasteiger partial charge in [0.15, 0.2) is 0 Å². The predicted octanol–water partition coefficient (Wildman–Crippen LogP) is 0.0546. The standard InChI is InChI=1S/C5H9BO3/c1-5-2-7-6(8-3-5)9-4-5/h2-4H2,1H3. The van der Waals surface area contributed by atoms with Crippen LogP contribution in [-0.4, -0.2) is 27.1 Å². The van der Waals surface area contributed by atoms with Crippen LogP contribution in [0.1, 0.15) is 6.92 Å². The largest absolute Gasteiger partial charge is 0.639 e. The van der Waals surface area contributed by atoms with Gasteiger partial charge in [-0.3, -0.25) is 0 Å². The fraction of sp³-hybridized carbons (Fsp3) is 1.00. The fourth-order valence-electron chi connectivity index (χ4n) is 1.08. The van der Waals surface area contributed by atoms with Crippen molar-refractivity contribution in [2.75, 3.05) is 19.8 Å². The van der Waals surface area contributed by atoms with Gasteiger partial charge in [0.05, 0.1) is 0 Å². The number of hydrogen-bond acceptors (Lipinski definition) is 3. The molecule has 3 saturated heterocycles. The van der Waals surface area contributed by atoms with E-state index in [4.69, 9.17) is 14.0 Å². The third kappa shape index (κ3) is 0.872. The summed E-state index contributed by atoms with van der Waals surface area (Å²) in [5.41, 5.74) is 0.120. The van der Waals surface area contributed by atoms with Crippen molar-refractivity contribution in [3.8, 4) is 0 Å². The molecule has 0 N–H and O–H groups in total. The van der Waals surface area contributed by atoms with Crippen LogP contribution in [0.5, 0.6) is 0 Å². The molecule has 0 saturated carbocycles. The zero-order valence-corrected chi connectivity index (χ0v) is 5.42. The Morgan fingerprint density at radius 2 is 1.56 bits per heavy atom. The lowest BCUT2D eigenvalue weighted by Crippen LogP contribution is -2.53. The predicted molar refractivity (Wildman–Crippen MR) is 31.7 cm³/mol. The van der Waals surface area contributed by atoms with Crippen molar-refractivity contribution in [1.82, 2.24) is 0 Å². The van der Waals surface area contributed by atoms with Gasteiger partial charge in [-0.05, 0) is 0 Å². The van der Waals surface area contributed by atoms with Crippen LogP contribution in [0.2, 0.25) is 0 Å². The molecule has 4 heteroatoms. The minimum absolute atomic E-state index is 0.120. The average Bonchev–Trinajstić information content (AvgIpc) is 1.90. The third-order valence-electron chi connectivity index (χ3n) is 1.70. The van der Waals surface area contributed by atoms with Gasteiger partial charge in [-0.1, -0.05) is 6.92 Å². The minimum Gasteiger partial charge on any atom is -0.385 e. The molecule has 0 aliphatic carbocycles. The van der Waals surface area contributed by atoms with Crippen molar-refractivity contribution >= 4 is 7.32 Å². The maximum absolute atomic E-state index is 5.14. The Morgan fingerprint density at radius 3 is 1.78 bits per heavy atom.